The number of halogens is 7. The van der Waals surface area contributed by atoms with E-state index in [2.05, 4.69) is 15.5 Å². The molecule has 2 aliphatic heterocycles. The molecule has 0 saturated carbocycles. The first kappa shape index (κ1) is 28.1. The highest BCUT2D eigenvalue weighted by atomic mass is 19.4. The van der Waals surface area contributed by atoms with E-state index in [9.17, 15) is 35.5 Å². The van der Waals surface area contributed by atoms with Crippen LogP contribution in [0.1, 0.15) is 53.2 Å². The zero-order valence-corrected chi connectivity index (χ0v) is 21.1. The van der Waals surface area contributed by atoms with Gasteiger partial charge in [-0.1, -0.05) is 12.1 Å². The monoisotopic (exact) mass is 570 g/mol. The summed E-state index contributed by atoms with van der Waals surface area (Å²) in [6.07, 6.45) is -8.21. The highest BCUT2D eigenvalue weighted by Crippen LogP contribution is 2.44. The van der Waals surface area contributed by atoms with Crippen LogP contribution in [0.15, 0.2) is 54.9 Å². The van der Waals surface area contributed by atoms with Crippen LogP contribution in [-0.4, -0.2) is 45.7 Å². The number of hydrogen-bond donors (Lipinski definition) is 2. The number of hydrogen-bond acceptors (Lipinski definition) is 4. The van der Waals surface area contributed by atoms with Crippen LogP contribution >= 0.6 is 0 Å². The maximum atomic E-state index is 13.7. The summed E-state index contributed by atoms with van der Waals surface area (Å²) in [5, 5.41) is 9.76. The van der Waals surface area contributed by atoms with E-state index in [4.69, 9.17) is 4.74 Å². The van der Waals surface area contributed by atoms with Gasteiger partial charge in [0, 0.05) is 36.8 Å². The number of fused-ring (bicyclic) bond motifs is 1. The molecule has 2 aromatic carbocycles. The molecule has 3 heterocycles. The van der Waals surface area contributed by atoms with Gasteiger partial charge in [-0.25, -0.2) is 4.39 Å². The molecule has 6 nitrogen and oxygen atoms in total. The fourth-order valence-corrected chi connectivity index (χ4v) is 5.54. The van der Waals surface area contributed by atoms with Crippen LogP contribution in [0.5, 0.6) is 0 Å². The number of carbonyl (C=O) groups excluding carboxylic acids is 1. The quantitative estimate of drug-likeness (QED) is 0.364. The third-order valence-electron chi connectivity index (χ3n) is 7.47. The highest BCUT2D eigenvalue weighted by molar-refractivity contribution is 5.85. The number of nitrogens with one attached hydrogen (secondary N) is 2. The fraction of sp³-hybridized carbons (Fsp3) is 0.407. The summed E-state index contributed by atoms with van der Waals surface area (Å²) in [6, 6.07) is 6.08. The molecule has 0 radical (unpaired) electrons. The molecule has 13 heteroatoms. The number of H-pyrrole nitrogens is 1. The summed E-state index contributed by atoms with van der Waals surface area (Å²) in [7, 11) is 0. The van der Waals surface area contributed by atoms with Gasteiger partial charge in [0.2, 0.25) is 5.91 Å². The summed E-state index contributed by atoms with van der Waals surface area (Å²) in [5.41, 5.74) is -1.66. The van der Waals surface area contributed by atoms with Crippen LogP contribution in [0.3, 0.4) is 0 Å². The lowest BCUT2D eigenvalue weighted by Crippen LogP contribution is -2.39. The fourth-order valence-electron chi connectivity index (χ4n) is 5.54. The van der Waals surface area contributed by atoms with Crippen molar-refractivity contribution in [1.29, 1.82) is 0 Å². The standard InChI is InChI=1S/C27H25F7N4O2/c1-14(17-6-18(26(29,30)31)8-19(7-17)27(32,33)34)40-23-13-38-22(24(23)16-2-4-20(28)5-3-16)9-21(25(38)39)35-10-15-11-36-37-12-15/h2-8,11-12,14,21-24,35H,9-10,13H2,1H3,(H,36,37)/t14-,21?,22+,23+,24+/m1/s1. The van der Waals surface area contributed by atoms with Crippen LogP contribution in [0.2, 0.25) is 0 Å². The number of aromatic amines is 1. The van der Waals surface area contributed by atoms with Gasteiger partial charge in [0.15, 0.2) is 0 Å². The molecule has 5 rings (SSSR count). The Morgan fingerprint density at radius 3 is 2.30 bits per heavy atom. The van der Waals surface area contributed by atoms with E-state index >= 15 is 0 Å². The number of alkyl halides is 6. The van der Waals surface area contributed by atoms with Gasteiger partial charge < -0.3 is 15.0 Å². The molecule has 0 aliphatic carbocycles. The van der Waals surface area contributed by atoms with Crippen molar-refractivity contribution in [1.82, 2.24) is 20.4 Å². The zero-order valence-electron chi connectivity index (χ0n) is 21.1. The van der Waals surface area contributed by atoms with Crippen molar-refractivity contribution >= 4 is 5.91 Å². The maximum absolute atomic E-state index is 13.7. The van der Waals surface area contributed by atoms with E-state index in [-0.39, 0.29) is 30.1 Å². The second-order valence-corrected chi connectivity index (χ2v) is 10.1. The average Bonchev–Trinajstić information content (AvgIpc) is 3.60. The lowest BCUT2D eigenvalue weighted by Gasteiger charge is -2.27. The molecule has 2 aliphatic rings. The van der Waals surface area contributed by atoms with Crippen molar-refractivity contribution < 1.29 is 40.3 Å². The Labute approximate surface area is 224 Å². The molecule has 214 valence electrons. The first-order chi connectivity index (χ1) is 18.8. The van der Waals surface area contributed by atoms with Gasteiger partial charge in [0.1, 0.15) is 5.82 Å². The minimum Gasteiger partial charge on any atom is -0.368 e. The molecule has 2 saturated heterocycles. The molecule has 1 amide bonds. The summed E-state index contributed by atoms with van der Waals surface area (Å²) in [5.74, 6) is -1.16. The number of rotatable bonds is 7. The van der Waals surface area contributed by atoms with Crippen molar-refractivity contribution in [3.63, 3.8) is 0 Å². The molecule has 3 aromatic rings. The van der Waals surface area contributed by atoms with Gasteiger partial charge in [0.25, 0.3) is 0 Å². The van der Waals surface area contributed by atoms with E-state index in [0.717, 1.165) is 5.56 Å². The Bertz CT molecular complexity index is 1310. The Hall–Kier alpha value is -3.45. The van der Waals surface area contributed by atoms with Gasteiger partial charge in [0.05, 0.1) is 35.6 Å². The van der Waals surface area contributed by atoms with E-state index in [1.807, 2.05) is 0 Å². The minimum absolute atomic E-state index is 0.0680. The summed E-state index contributed by atoms with van der Waals surface area (Å²) in [6.45, 7) is 1.84. The topological polar surface area (TPSA) is 70.2 Å². The molecule has 40 heavy (non-hydrogen) atoms. The first-order valence-electron chi connectivity index (χ1n) is 12.5. The lowest BCUT2D eigenvalue weighted by molar-refractivity contribution is -0.143. The molecular formula is C27H25F7N4O2. The minimum atomic E-state index is -4.99. The summed E-state index contributed by atoms with van der Waals surface area (Å²) < 4.78 is 100. The SMILES string of the molecule is C[C@@H](O[C@H]1CN2C(=O)C(NCc3cn[nH]c3)C[C@H]2[C@@H]1c1ccc(F)cc1)c1cc(C(F)(F)F)cc(C(F)(F)F)c1. The molecule has 2 N–H and O–H groups in total. The van der Waals surface area contributed by atoms with Crippen LogP contribution in [0.25, 0.3) is 0 Å². The van der Waals surface area contributed by atoms with Crippen molar-refractivity contribution in [2.75, 3.05) is 6.54 Å². The molecule has 0 bridgehead atoms. The van der Waals surface area contributed by atoms with E-state index in [1.54, 1.807) is 29.4 Å². The van der Waals surface area contributed by atoms with Gasteiger partial charge in [-0.3, -0.25) is 9.89 Å². The molecule has 1 unspecified atom stereocenters. The number of amides is 1. The first-order valence-corrected chi connectivity index (χ1v) is 12.5. The third-order valence-corrected chi connectivity index (χ3v) is 7.47. The van der Waals surface area contributed by atoms with Crippen molar-refractivity contribution in [2.45, 2.75) is 62.5 Å². The maximum Gasteiger partial charge on any atom is 0.416 e. The van der Waals surface area contributed by atoms with Crippen LogP contribution in [0.4, 0.5) is 30.7 Å². The molecule has 0 spiro atoms. The average molecular weight is 571 g/mol. The van der Waals surface area contributed by atoms with E-state index in [0.29, 0.717) is 30.7 Å². The molecule has 5 atom stereocenters. The van der Waals surface area contributed by atoms with Crippen molar-refractivity contribution in [2.24, 2.45) is 0 Å². The normalized spacial score (nSPS) is 24.0. The Morgan fingerprint density at radius 2 is 1.73 bits per heavy atom. The van der Waals surface area contributed by atoms with Gasteiger partial charge in [-0.2, -0.15) is 31.4 Å². The van der Waals surface area contributed by atoms with Gasteiger partial charge >= 0.3 is 12.4 Å². The van der Waals surface area contributed by atoms with Crippen molar-refractivity contribution in [3.8, 4) is 0 Å². The number of carbonyl (C=O) groups is 1. The second kappa shape index (κ2) is 10.5. The largest absolute Gasteiger partial charge is 0.416 e. The molecular weight excluding hydrogens is 545 g/mol. The highest BCUT2D eigenvalue weighted by Gasteiger charge is 2.52. The Balaban J connectivity index is 1.41. The number of ether oxygens (including phenoxy) is 1. The summed E-state index contributed by atoms with van der Waals surface area (Å²) >= 11 is 0. The number of nitrogens with zero attached hydrogens (tertiary/aromatic N) is 2. The predicted octanol–water partition coefficient (Wildman–Crippen LogP) is 5.59. The van der Waals surface area contributed by atoms with E-state index in [1.165, 1.54) is 19.1 Å². The summed E-state index contributed by atoms with van der Waals surface area (Å²) in [4.78, 5) is 14.9. The van der Waals surface area contributed by atoms with Crippen LogP contribution in [0, 0.1) is 5.82 Å². The van der Waals surface area contributed by atoms with Gasteiger partial charge in [-0.15, -0.1) is 0 Å². The lowest BCUT2D eigenvalue weighted by atomic mass is 9.87. The Kier molecular flexibility index (Phi) is 7.38. The second-order valence-electron chi connectivity index (χ2n) is 10.1. The predicted molar refractivity (Wildman–Crippen MR) is 128 cm³/mol. The van der Waals surface area contributed by atoms with E-state index < -0.39 is 53.5 Å². The third kappa shape index (κ3) is 5.71. The van der Waals surface area contributed by atoms with Crippen molar-refractivity contribution in [3.05, 3.63) is 88.5 Å². The zero-order chi connectivity index (χ0) is 28.8. The van der Waals surface area contributed by atoms with Gasteiger partial charge in [-0.05, 0) is 54.8 Å². The molecule has 2 fully saturated rings. The molecule has 1 aromatic heterocycles. The Morgan fingerprint density at radius 1 is 1.07 bits per heavy atom. The number of aromatic nitrogens is 2. The smallest absolute Gasteiger partial charge is 0.368 e. The van der Waals surface area contributed by atoms with Crippen LogP contribution in [-0.2, 0) is 28.4 Å². The van der Waals surface area contributed by atoms with Crippen LogP contribution < -0.4 is 5.32 Å². The number of benzene rings is 2.